The summed E-state index contributed by atoms with van der Waals surface area (Å²) in [5.74, 6) is -0.924. The van der Waals surface area contributed by atoms with E-state index in [9.17, 15) is 14.4 Å². The van der Waals surface area contributed by atoms with E-state index in [1.165, 1.54) is 0 Å². The van der Waals surface area contributed by atoms with E-state index >= 15 is 0 Å². The first-order chi connectivity index (χ1) is 14.1. The first kappa shape index (κ1) is 19.1. The van der Waals surface area contributed by atoms with Crippen LogP contribution in [0.3, 0.4) is 0 Å². The lowest BCUT2D eigenvalue weighted by Crippen LogP contribution is -3.15. The number of imide groups is 1. The maximum absolute atomic E-state index is 13.5. The topological polar surface area (TPSA) is 92.2 Å². The average Bonchev–Trinajstić information content (AvgIpc) is 3.01. The molecule has 8 nitrogen and oxygen atoms in total. The smallest absolute Gasteiger partial charge is 0.344 e. The molecule has 150 valence electrons. The van der Waals surface area contributed by atoms with Crippen molar-refractivity contribution in [2.75, 3.05) is 32.8 Å². The molecule has 2 aliphatic rings. The van der Waals surface area contributed by atoms with Crippen molar-refractivity contribution in [1.82, 2.24) is 15.8 Å². The number of carbonyl (C=O) groups excluding carboxylic acids is 3. The second kappa shape index (κ2) is 8.02. The Hall–Kier alpha value is -3.23. The van der Waals surface area contributed by atoms with E-state index in [0.717, 1.165) is 9.91 Å². The molecule has 2 fully saturated rings. The molecular weight excluding hydrogens is 372 g/mol. The minimum absolute atomic E-state index is 0.171. The van der Waals surface area contributed by atoms with Crippen molar-refractivity contribution in [2.45, 2.75) is 5.54 Å². The molecule has 0 unspecified atom stereocenters. The van der Waals surface area contributed by atoms with Crippen molar-refractivity contribution in [3.8, 4) is 0 Å². The van der Waals surface area contributed by atoms with Gasteiger partial charge in [0, 0.05) is 0 Å². The zero-order valence-electron chi connectivity index (χ0n) is 15.9. The van der Waals surface area contributed by atoms with Gasteiger partial charge in [-0.25, -0.2) is 4.79 Å². The first-order valence-corrected chi connectivity index (χ1v) is 9.60. The third-order valence-corrected chi connectivity index (χ3v) is 5.28. The van der Waals surface area contributed by atoms with Gasteiger partial charge < -0.3 is 15.0 Å². The van der Waals surface area contributed by atoms with Crippen molar-refractivity contribution in [3.63, 3.8) is 0 Å². The third-order valence-electron chi connectivity index (χ3n) is 5.28. The number of carbonyl (C=O) groups is 3. The number of rotatable bonds is 5. The summed E-state index contributed by atoms with van der Waals surface area (Å²) in [6, 6.07) is 17.4. The molecule has 2 aliphatic heterocycles. The summed E-state index contributed by atoms with van der Waals surface area (Å²) >= 11 is 0. The van der Waals surface area contributed by atoms with Gasteiger partial charge in [-0.3, -0.25) is 15.0 Å². The van der Waals surface area contributed by atoms with E-state index < -0.39 is 17.5 Å². The predicted octanol–water partition coefficient (Wildman–Crippen LogP) is -0.572. The SMILES string of the molecule is O=C(C[NH+]1CCOCC1)NN1C(=O)NC(c2ccccc2)(c2ccccc2)C1=O. The molecule has 0 spiro atoms. The lowest BCUT2D eigenvalue weighted by Gasteiger charge is -2.28. The highest BCUT2D eigenvalue weighted by molar-refractivity contribution is 6.10. The Morgan fingerprint density at radius 1 is 1.00 bits per heavy atom. The Labute approximate surface area is 168 Å². The summed E-state index contributed by atoms with van der Waals surface area (Å²) in [7, 11) is 0. The number of benzene rings is 2. The molecule has 3 N–H and O–H groups in total. The number of ether oxygens (including phenoxy) is 1. The van der Waals surface area contributed by atoms with E-state index in [-0.39, 0.29) is 12.5 Å². The molecule has 2 aromatic carbocycles. The van der Waals surface area contributed by atoms with Crippen LogP contribution in [-0.2, 0) is 19.9 Å². The number of hydrazine groups is 1. The molecule has 8 heteroatoms. The maximum atomic E-state index is 13.5. The molecule has 0 aromatic heterocycles. The van der Waals surface area contributed by atoms with E-state index in [1.54, 1.807) is 24.3 Å². The minimum Gasteiger partial charge on any atom is -0.370 e. The standard InChI is InChI=1S/C21H22N4O4/c26-18(15-24-11-13-29-14-12-24)23-25-19(27)21(22-20(25)28,16-7-3-1-4-8-16)17-9-5-2-6-10-17/h1-10H,11-15H2,(H,22,28)(H,23,26)/p+1. The van der Waals surface area contributed by atoms with Gasteiger partial charge in [0.05, 0.1) is 13.2 Å². The molecule has 0 saturated carbocycles. The quantitative estimate of drug-likeness (QED) is 0.591. The Kier molecular flexibility index (Phi) is 5.28. The minimum atomic E-state index is -1.39. The van der Waals surface area contributed by atoms with E-state index in [2.05, 4.69) is 10.7 Å². The van der Waals surface area contributed by atoms with Crippen LogP contribution in [-0.4, -0.2) is 55.7 Å². The van der Waals surface area contributed by atoms with Crippen LogP contribution >= 0.6 is 0 Å². The second-order valence-corrected chi connectivity index (χ2v) is 7.13. The number of nitrogens with one attached hydrogen (secondary N) is 3. The van der Waals surface area contributed by atoms with Gasteiger partial charge in [0.15, 0.2) is 12.1 Å². The average molecular weight is 395 g/mol. The fourth-order valence-corrected chi connectivity index (χ4v) is 3.79. The highest BCUT2D eigenvalue weighted by atomic mass is 16.5. The largest absolute Gasteiger partial charge is 0.370 e. The summed E-state index contributed by atoms with van der Waals surface area (Å²) < 4.78 is 5.29. The summed E-state index contributed by atoms with van der Waals surface area (Å²) in [6.07, 6.45) is 0. The highest BCUT2D eigenvalue weighted by Crippen LogP contribution is 2.35. The van der Waals surface area contributed by atoms with Gasteiger partial charge in [0.2, 0.25) is 0 Å². The van der Waals surface area contributed by atoms with Crippen molar-refractivity contribution < 1.29 is 24.0 Å². The molecule has 2 saturated heterocycles. The molecule has 4 amide bonds. The predicted molar refractivity (Wildman–Crippen MR) is 104 cm³/mol. The van der Waals surface area contributed by atoms with Crippen LogP contribution in [0.4, 0.5) is 4.79 Å². The second-order valence-electron chi connectivity index (χ2n) is 7.13. The van der Waals surface area contributed by atoms with Gasteiger partial charge >= 0.3 is 6.03 Å². The van der Waals surface area contributed by atoms with Crippen molar-refractivity contribution in [2.24, 2.45) is 0 Å². The molecule has 29 heavy (non-hydrogen) atoms. The number of urea groups is 1. The third kappa shape index (κ3) is 3.59. The zero-order valence-corrected chi connectivity index (χ0v) is 15.9. The van der Waals surface area contributed by atoms with Crippen LogP contribution in [0.2, 0.25) is 0 Å². The summed E-state index contributed by atoms with van der Waals surface area (Å²) in [5, 5.41) is 3.60. The number of morpholine rings is 1. The van der Waals surface area contributed by atoms with Crippen molar-refractivity contribution in [3.05, 3.63) is 71.8 Å². The van der Waals surface area contributed by atoms with Crippen LogP contribution in [0.5, 0.6) is 0 Å². The van der Waals surface area contributed by atoms with Crippen LogP contribution < -0.4 is 15.6 Å². The zero-order chi connectivity index (χ0) is 20.3. The molecule has 0 bridgehead atoms. The highest BCUT2D eigenvalue weighted by Gasteiger charge is 2.54. The van der Waals surface area contributed by atoms with Gasteiger partial charge in [-0.05, 0) is 11.1 Å². The molecule has 2 aromatic rings. The first-order valence-electron chi connectivity index (χ1n) is 9.60. The fourth-order valence-electron chi connectivity index (χ4n) is 3.79. The normalized spacial score (nSPS) is 19.1. The van der Waals surface area contributed by atoms with Crippen LogP contribution in [0.15, 0.2) is 60.7 Å². The van der Waals surface area contributed by atoms with E-state index in [4.69, 9.17) is 4.74 Å². The molecule has 0 atom stereocenters. The van der Waals surface area contributed by atoms with Gasteiger partial charge in [0.25, 0.3) is 11.8 Å². The summed E-state index contributed by atoms with van der Waals surface area (Å²) in [6.45, 7) is 2.79. The van der Waals surface area contributed by atoms with Gasteiger partial charge in [-0.2, -0.15) is 5.01 Å². The Bertz CT molecular complexity index is 858. The lowest BCUT2D eigenvalue weighted by molar-refractivity contribution is -0.900. The van der Waals surface area contributed by atoms with Gasteiger partial charge in [-0.15, -0.1) is 0 Å². The van der Waals surface area contributed by atoms with Crippen LogP contribution in [0.25, 0.3) is 0 Å². The summed E-state index contributed by atoms with van der Waals surface area (Å²) in [5.41, 5.74) is 2.35. The number of quaternary nitrogens is 1. The van der Waals surface area contributed by atoms with Crippen molar-refractivity contribution in [1.29, 1.82) is 0 Å². The van der Waals surface area contributed by atoms with Gasteiger partial charge in [-0.1, -0.05) is 60.7 Å². The van der Waals surface area contributed by atoms with E-state index in [1.807, 2.05) is 36.4 Å². The van der Waals surface area contributed by atoms with Gasteiger partial charge in [0.1, 0.15) is 13.1 Å². The van der Waals surface area contributed by atoms with Crippen molar-refractivity contribution >= 4 is 17.8 Å². The molecular formula is C21H23N4O4+. The summed E-state index contributed by atoms with van der Waals surface area (Å²) in [4.78, 5) is 39.7. The van der Waals surface area contributed by atoms with E-state index in [0.29, 0.717) is 37.4 Å². The Balaban J connectivity index is 1.61. The van der Waals surface area contributed by atoms with Crippen LogP contribution in [0, 0.1) is 0 Å². The molecule has 4 rings (SSSR count). The lowest BCUT2D eigenvalue weighted by atomic mass is 9.83. The number of amides is 4. The number of hydrogen-bond acceptors (Lipinski definition) is 4. The molecule has 2 heterocycles. The monoisotopic (exact) mass is 395 g/mol. The number of nitrogens with zero attached hydrogens (tertiary/aromatic N) is 1. The maximum Gasteiger partial charge on any atom is 0.344 e. The molecule has 0 aliphatic carbocycles. The molecule has 0 radical (unpaired) electrons. The Morgan fingerprint density at radius 2 is 1.55 bits per heavy atom. The van der Waals surface area contributed by atoms with Crippen LogP contribution in [0.1, 0.15) is 11.1 Å². The Morgan fingerprint density at radius 3 is 2.10 bits per heavy atom. The number of hydrogen-bond donors (Lipinski definition) is 3. The fraction of sp³-hybridized carbons (Fsp3) is 0.286.